The maximum atomic E-state index is 11.2. The van der Waals surface area contributed by atoms with Crippen molar-refractivity contribution in [2.45, 2.75) is 19.0 Å². The minimum atomic E-state index is -1.03. The van der Waals surface area contributed by atoms with Gasteiger partial charge in [0.25, 0.3) is 0 Å². The van der Waals surface area contributed by atoms with Gasteiger partial charge in [0, 0.05) is 6.54 Å². The number of carboxylic acid groups (broad SMARTS) is 1. The summed E-state index contributed by atoms with van der Waals surface area (Å²) in [6.45, 7) is 0.426. The van der Waals surface area contributed by atoms with Gasteiger partial charge in [-0.3, -0.25) is 9.69 Å². The molecule has 1 aliphatic rings. The maximum Gasteiger partial charge on any atom is 0.407 e. The van der Waals surface area contributed by atoms with Crippen LogP contribution < -0.4 is 0 Å². The quantitative estimate of drug-likeness (QED) is 0.806. The molecule has 1 saturated heterocycles. The van der Waals surface area contributed by atoms with E-state index in [-0.39, 0.29) is 31.6 Å². The lowest BCUT2D eigenvalue weighted by Crippen LogP contribution is -2.39. The third-order valence-electron chi connectivity index (χ3n) is 2.72. The first kappa shape index (κ1) is 11.4. The van der Waals surface area contributed by atoms with Crippen molar-refractivity contribution in [3.63, 3.8) is 0 Å². The number of benzene rings is 1. The van der Waals surface area contributed by atoms with Gasteiger partial charge in [-0.25, -0.2) is 4.79 Å². The second kappa shape index (κ2) is 4.86. The monoisotopic (exact) mass is 235 g/mol. The summed E-state index contributed by atoms with van der Waals surface area (Å²) >= 11 is 0. The zero-order valence-corrected chi connectivity index (χ0v) is 9.20. The van der Waals surface area contributed by atoms with Crippen LogP contribution in [0, 0.1) is 0 Å². The number of hydrogen-bond donors (Lipinski definition) is 1. The van der Waals surface area contributed by atoms with Crippen LogP contribution in [0.3, 0.4) is 0 Å². The molecule has 1 aromatic carbocycles. The molecule has 0 unspecified atom stereocenters. The number of carbonyl (C=O) groups is 2. The summed E-state index contributed by atoms with van der Waals surface area (Å²) in [6, 6.07) is 8.91. The first-order chi connectivity index (χ1) is 8.16. The van der Waals surface area contributed by atoms with Crippen molar-refractivity contribution in [2.75, 3.05) is 6.61 Å². The van der Waals surface area contributed by atoms with Crippen molar-refractivity contribution in [3.05, 3.63) is 35.9 Å². The topological polar surface area (TPSA) is 66.8 Å². The molecule has 0 aliphatic carbocycles. The highest BCUT2D eigenvalue weighted by molar-refractivity contribution is 5.74. The molecule has 0 spiro atoms. The molecule has 1 N–H and O–H groups in total. The van der Waals surface area contributed by atoms with Crippen molar-refractivity contribution < 1.29 is 19.4 Å². The van der Waals surface area contributed by atoms with Gasteiger partial charge in [-0.1, -0.05) is 30.3 Å². The molecule has 1 aromatic rings. The van der Waals surface area contributed by atoms with Gasteiger partial charge >= 0.3 is 12.1 Å². The summed E-state index contributed by atoms with van der Waals surface area (Å²) in [5, 5.41) is 9.14. The molecule has 1 aliphatic heterocycles. The van der Waals surface area contributed by atoms with Crippen LogP contribution >= 0.6 is 0 Å². The van der Waals surface area contributed by atoms with Gasteiger partial charge < -0.3 is 9.84 Å². The molecule has 1 heterocycles. The predicted octanol–water partition coefficient (Wildman–Crippen LogP) is 1.48. The van der Waals surface area contributed by atoms with Crippen LogP contribution in [0.2, 0.25) is 0 Å². The molecule has 2 rings (SSSR count). The van der Waals surface area contributed by atoms with E-state index in [0.717, 1.165) is 5.56 Å². The van der Waals surface area contributed by atoms with Crippen LogP contribution in [0.25, 0.3) is 0 Å². The fourth-order valence-electron chi connectivity index (χ4n) is 1.83. The molecule has 0 radical (unpaired) electrons. The number of rotatable bonds is 3. The van der Waals surface area contributed by atoms with Gasteiger partial charge in [-0.05, 0) is 5.56 Å². The van der Waals surface area contributed by atoms with E-state index >= 15 is 0 Å². The van der Waals surface area contributed by atoms with Gasteiger partial charge in [0.05, 0.1) is 12.5 Å². The summed E-state index contributed by atoms with van der Waals surface area (Å²) in [7, 11) is 0. The third kappa shape index (κ3) is 2.75. The van der Waals surface area contributed by atoms with E-state index in [9.17, 15) is 9.59 Å². The SMILES string of the molecule is O=C1C[C@H](N(Cc2ccccc2)C(=O)O)CO1. The molecule has 0 saturated carbocycles. The zero-order chi connectivity index (χ0) is 12.3. The van der Waals surface area contributed by atoms with E-state index in [1.54, 1.807) is 0 Å². The first-order valence-corrected chi connectivity index (χ1v) is 5.36. The zero-order valence-electron chi connectivity index (χ0n) is 9.20. The van der Waals surface area contributed by atoms with E-state index in [4.69, 9.17) is 9.84 Å². The largest absolute Gasteiger partial charge is 0.465 e. The van der Waals surface area contributed by atoms with E-state index in [1.807, 2.05) is 30.3 Å². The third-order valence-corrected chi connectivity index (χ3v) is 2.72. The molecule has 0 bridgehead atoms. The number of carbonyl (C=O) groups excluding carboxylic acids is 1. The molecular weight excluding hydrogens is 222 g/mol. The molecule has 5 nitrogen and oxygen atoms in total. The van der Waals surface area contributed by atoms with E-state index in [2.05, 4.69) is 0 Å². The Balaban J connectivity index is 2.08. The Morgan fingerprint density at radius 3 is 2.65 bits per heavy atom. The number of esters is 1. The fraction of sp³-hybridized carbons (Fsp3) is 0.333. The van der Waals surface area contributed by atoms with Crippen molar-refractivity contribution in [1.29, 1.82) is 0 Å². The van der Waals surface area contributed by atoms with Gasteiger partial charge in [-0.15, -0.1) is 0 Å². The summed E-state index contributed by atoms with van der Waals surface area (Å²) in [5.41, 5.74) is 0.897. The average molecular weight is 235 g/mol. The summed E-state index contributed by atoms with van der Waals surface area (Å²) in [5.74, 6) is -0.339. The number of nitrogens with zero attached hydrogens (tertiary/aromatic N) is 1. The highest BCUT2D eigenvalue weighted by atomic mass is 16.5. The standard InChI is InChI=1S/C12H13NO4/c14-11-6-10(8-17-11)13(12(15)16)7-9-4-2-1-3-5-9/h1-5,10H,6-8H2,(H,15,16)/t10-/m0/s1. The summed E-state index contributed by atoms with van der Waals surface area (Å²) < 4.78 is 4.79. The van der Waals surface area contributed by atoms with Crippen molar-refractivity contribution >= 4 is 12.1 Å². The molecule has 0 aromatic heterocycles. The van der Waals surface area contributed by atoms with Crippen LogP contribution in [0.4, 0.5) is 4.79 Å². The Bertz CT molecular complexity index is 418. The normalized spacial score (nSPS) is 18.8. The lowest BCUT2D eigenvalue weighted by Gasteiger charge is -2.23. The smallest absolute Gasteiger partial charge is 0.407 e. The fourth-order valence-corrected chi connectivity index (χ4v) is 1.83. The van der Waals surface area contributed by atoms with Gasteiger partial charge in [0.15, 0.2) is 0 Å². The molecule has 17 heavy (non-hydrogen) atoms. The highest BCUT2D eigenvalue weighted by Crippen LogP contribution is 2.17. The minimum absolute atomic E-state index is 0.138. The van der Waals surface area contributed by atoms with Crippen molar-refractivity contribution in [2.24, 2.45) is 0 Å². The van der Waals surface area contributed by atoms with E-state index < -0.39 is 6.09 Å². The molecular formula is C12H13NO4. The lowest BCUT2D eigenvalue weighted by atomic mass is 10.1. The van der Waals surface area contributed by atoms with Crippen LogP contribution in [0.1, 0.15) is 12.0 Å². The van der Waals surface area contributed by atoms with Crippen LogP contribution in [-0.4, -0.2) is 34.7 Å². The van der Waals surface area contributed by atoms with Gasteiger partial charge in [-0.2, -0.15) is 0 Å². The Morgan fingerprint density at radius 2 is 2.12 bits per heavy atom. The number of ether oxygens (including phenoxy) is 1. The number of cyclic esters (lactones) is 1. The molecule has 90 valence electrons. The molecule has 1 amide bonds. The Labute approximate surface area is 98.6 Å². The average Bonchev–Trinajstić information content (AvgIpc) is 2.73. The van der Waals surface area contributed by atoms with Crippen molar-refractivity contribution in [3.8, 4) is 0 Å². The van der Waals surface area contributed by atoms with Gasteiger partial charge in [0.2, 0.25) is 0 Å². The van der Waals surface area contributed by atoms with E-state index in [0.29, 0.717) is 0 Å². The Hall–Kier alpha value is -2.04. The molecule has 5 heteroatoms. The highest BCUT2D eigenvalue weighted by Gasteiger charge is 2.32. The predicted molar refractivity (Wildman–Crippen MR) is 59.4 cm³/mol. The Morgan fingerprint density at radius 1 is 1.41 bits per heavy atom. The van der Waals surface area contributed by atoms with Crippen LogP contribution in [0.15, 0.2) is 30.3 Å². The number of hydrogen-bond acceptors (Lipinski definition) is 3. The summed E-state index contributed by atoms with van der Waals surface area (Å²) in [4.78, 5) is 23.4. The second-order valence-corrected chi connectivity index (χ2v) is 3.94. The first-order valence-electron chi connectivity index (χ1n) is 5.36. The number of amides is 1. The van der Waals surface area contributed by atoms with E-state index in [1.165, 1.54) is 4.90 Å². The van der Waals surface area contributed by atoms with Crippen LogP contribution in [0.5, 0.6) is 0 Å². The van der Waals surface area contributed by atoms with Gasteiger partial charge in [0.1, 0.15) is 6.61 Å². The molecule has 1 atom stereocenters. The minimum Gasteiger partial charge on any atom is -0.465 e. The van der Waals surface area contributed by atoms with Crippen molar-refractivity contribution in [1.82, 2.24) is 4.90 Å². The summed E-state index contributed by atoms with van der Waals surface area (Å²) in [6.07, 6.45) is -0.892. The molecule has 1 fully saturated rings. The Kier molecular flexibility index (Phi) is 3.27. The maximum absolute atomic E-state index is 11.2. The van der Waals surface area contributed by atoms with Crippen LogP contribution in [-0.2, 0) is 16.1 Å². The lowest BCUT2D eigenvalue weighted by molar-refractivity contribution is -0.137. The second-order valence-electron chi connectivity index (χ2n) is 3.94.